The number of hydrogen-bond donors (Lipinski definition) is 2. The molecule has 0 spiro atoms. The molecule has 2 amide bonds. The van der Waals surface area contributed by atoms with Gasteiger partial charge in [0.2, 0.25) is 11.8 Å². The molecule has 84 valence electrons. The van der Waals surface area contributed by atoms with Crippen molar-refractivity contribution in [1.82, 2.24) is 10.6 Å². The highest BCUT2D eigenvalue weighted by Gasteiger charge is 2.30. The summed E-state index contributed by atoms with van der Waals surface area (Å²) in [7, 11) is 0. The van der Waals surface area contributed by atoms with Crippen molar-refractivity contribution in [3.05, 3.63) is 0 Å². The number of amides is 2. The first-order valence-electron chi connectivity index (χ1n) is 5.72. The molecule has 2 N–H and O–H groups in total. The summed E-state index contributed by atoms with van der Waals surface area (Å²) in [4.78, 5) is 22.6. The Kier molecular flexibility index (Phi) is 2.93. The van der Waals surface area contributed by atoms with E-state index in [1.54, 1.807) is 0 Å². The van der Waals surface area contributed by atoms with Gasteiger partial charge in [0.1, 0.15) is 0 Å². The summed E-state index contributed by atoms with van der Waals surface area (Å²) in [6.45, 7) is 3.35. The highest BCUT2D eigenvalue weighted by Crippen LogP contribution is 2.28. The predicted octanol–water partition coefficient (Wildman–Crippen LogP) is 0.285. The fraction of sp³-hybridized carbons (Fsp3) is 0.818. The number of piperidine rings is 1. The molecule has 1 aliphatic heterocycles. The number of carbonyl (C=O) groups excluding carboxylic acids is 2. The van der Waals surface area contributed by atoms with Crippen LogP contribution in [0.2, 0.25) is 0 Å². The molecule has 0 aromatic rings. The van der Waals surface area contributed by atoms with Crippen LogP contribution in [0.3, 0.4) is 0 Å². The molecule has 2 unspecified atom stereocenters. The Morgan fingerprint density at radius 2 is 2.27 bits per heavy atom. The van der Waals surface area contributed by atoms with E-state index < -0.39 is 0 Å². The minimum Gasteiger partial charge on any atom is -0.356 e. The van der Waals surface area contributed by atoms with Crippen molar-refractivity contribution in [3.8, 4) is 0 Å². The molecule has 1 saturated carbocycles. The van der Waals surface area contributed by atoms with Crippen LogP contribution in [0.25, 0.3) is 0 Å². The van der Waals surface area contributed by atoms with Gasteiger partial charge in [0.25, 0.3) is 0 Å². The highest BCUT2D eigenvalue weighted by atomic mass is 16.2. The lowest BCUT2D eigenvalue weighted by molar-refractivity contribution is -0.127. The van der Waals surface area contributed by atoms with E-state index in [2.05, 4.69) is 10.6 Å². The number of rotatable bonds is 3. The lowest BCUT2D eigenvalue weighted by Crippen LogP contribution is -2.44. The van der Waals surface area contributed by atoms with Gasteiger partial charge in [0.15, 0.2) is 0 Å². The van der Waals surface area contributed by atoms with Gasteiger partial charge in [-0.1, -0.05) is 6.92 Å². The van der Waals surface area contributed by atoms with Crippen LogP contribution in [0.5, 0.6) is 0 Å². The monoisotopic (exact) mass is 210 g/mol. The molecule has 2 fully saturated rings. The molecule has 4 heteroatoms. The second-order valence-corrected chi connectivity index (χ2v) is 4.77. The third-order valence-electron chi connectivity index (χ3n) is 3.21. The topological polar surface area (TPSA) is 58.2 Å². The molecule has 0 aromatic heterocycles. The quantitative estimate of drug-likeness (QED) is 0.703. The Bertz CT molecular complexity index is 274. The van der Waals surface area contributed by atoms with E-state index in [0.717, 1.165) is 19.3 Å². The average Bonchev–Trinajstić information content (AvgIpc) is 3.03. The van der Waals surface area contributed by atoms with Crippen LogP contribution in [-0.4, -0.2) is 24.9 Å². The van der Waals surface area contributed by atoms with E-state index in [0.29, 0.717) is 19.0 Å². The van der Waals surface area contributed by atoms with Crippen molar-refractivity contribution < 1.29 is 9.59 Å². The van der Waals surface area contributed by atoms with Crippen LogP contribution in [0, 0.1) is 17.8 Å². The molecule has 0 bridgehead atoms. The van der Waals surface area contributed by atoms with Crippen molar-refractivity contribution in [2.45, 2.75) is 26.2 Å². The van der Waals surface area contributed by atoms with E-state index in [1.165, 1.54) is 0 Å². The van der Waals surface area contributed by atoms with Crippen molar-refractivity contribution in [3.63, 3.8) is 0 Å². The lowest BCUT2D eigenvalue weighted by atomic mass is 9.91. The van der Waals surface area contributed by atoms with Gasteiger partial charge < -0.3 is 10.6 Å². The highest BCUT2D eigenvalue weighted by molar-refractivity contribution is 5.81. The molecule has 0 aromatic carbocycles. The van der Waals surface area contributed by atoms with Crippen molar-refractivity contribution in [2.24, 2.45) is 17.8 Å². The van der Waals surface area contributed by atoms with Crippen LogP contribution in [0.15, 0.2) is 0 Å². The van der Waals surface area contributed by atoms with Gasteiger partial charge in [0.05, 0.1) is 0 Å². The van der Waals surface area contributed by atoms with Gasteiger partial charge in [-0.25, -0.2) is 0 Å². The zero-order valence-corrected chi connectivity index (χ0v) is 9.08. The Balaban J connectivity index is 1.70. The molecule has 1 saturated heterocycles. The predicted molar refractivity (Wildman–Crippen MR) is 56.0 cm³/mol. The normalized spacial score (nSPS) is 30.9. The fourth-order valence-corrected chi connectivity index (χ4v) is 2.00. The van der Waals surface area contributed by atoms with Gasteiger partial charge >= 0.3 is 0 Å². The third-order valence-corrected chi connectivity index (χ3v) is 3.21. The first-order chi connectivity index (χ1) is 7.16. The molecule has 2 aliphatic rings. The maximum Gasteiger partial charge on any atom is 0.223 e. The number of nitrogens with one attached hydrogen (secondary N) is 2. The summed E-state index contributed by atoms with van der Waals surface area (Å²) in [5.41, 5.74) is 0. The van der Waals surface area contributed by atoms with Crippen LogP contribution in [0.4, 0.5) is 0 Å². The molecule has 1 aliphatic carbocycles. The summed E-state index contributed by atoms with van der Waals surface area (Å²) in [6.07, 6.45) is 2.98. The van der Waals surface area contributed by atoms with E-state index in [1.807, 2.05) is 6.92 Å². The maximum absolute atomic E-state index is 11.4. The van der Waals surface area contributed by atoms with Crippen LogP contribution >= 0.6 is 0 Å². The molecule has 2 rings (SSSR count). The third kappa shape index (κ3) is 2.70. The summed E-state index contributed by atoms with van der Waals surface area (Å²) >= 11 is 0. The van der Waals surface area contributed by atoms with Crippen molar-refractivity contribution in [1.29, 1.82) is 0 Å². The van der Waals surface area contributed by atoms with Crippen molar-refractivity contribution in [2.75, 3.05) is 13.1 Å². The Hall–Kier alpha value is -1.06. The first kappa shape index (κ1) is 10.5. The molecular weight excluding hydrogens is 192 g/mol. The molecule has 1 heterocycles. The van der Waals surface area contributed by atoms with Crippen molar-refractivity contribution >= 4 is 11.8 Å². The molecule has 4 nitrogen and oxygen atoms in total. The Morgan fingerprint density at radius 1 is 1.53 bits per heavy atom. The Labute approximate surface area is 89.8 Å². The maximum atomic E-state index is 11.4. The van der Waals surface area contributed by atoms with Gasteiger partial charge in [-0.2, -0.15) is 0 Å². The average molecular weight is 210 g/mol. The smallest absolute Gasteiger partial charge is 0.223 e. The van der Waals surface area contributed by atoms with E-state index in [4.69, 9.17) is 0 Å². The second-order valence-electron chi connectivity index (χ2n) is 4.77. The lowest BCUT2D eigenvalue weighted by Gasteiger charge is -2.27. The SMILES string of the molecule is CC1CC(CNC(=O)C2CC2)CNC1=O. The summed E-state index contributed by atoms with van der Waals surface area (Å²) in [6, 6.07) is 0. The largest absolute Gasteiger partial charge is 0.356 e. The molecule has 15 heavy (non-hydrogen) atoms. The van der Waals surface area contributed by atoms with Gasteiger partial charge in [-0.15, -0.1) is 0 Å². The molecule has 0 radical (unpaired) electrons. The first-order valence-corrected chi connectivity index (χ1v) is 5.72. The van der Waals surface area contributed by atoms with Crippen LogP contribution < -0.4 is 10.6 Å². The zero-order valence-electron chi connectivity index (χ0n) is 9.08. The summed E-state index contributed by atoms with van der Waals surface area (Å²) in [5.74, 6) is 1.10. The summed E-state index contributed by atoms with van der Waals surface area (Å²) < 4.78 is 0. The van der Waals surface area contributed by atoms with Gasteiger partial charge in [-0.05, 0) is 25.2 Å². The molecule has 2 atom stereocenters. The van der Waals surface area contributed by atoms with E-state index >= 15 is 0 Å². The number of hydrogen-bond acceptors (Lipinski definition) is 2. The molecular formula is C11H18N2O2. The van der Waals surface area contributed by atoms with E-state index in [9.17, 15) is 9.59 Å². The minimum atomic E-state index is 0.0848. The van der Waals surface area contributed by atoms with Crippen LogP contribution in [0.1, 0.15) is 26.2 Å². The minimum absolute atomic E-state index is 0.0848. The van der Waals surface area contributed by atoms with Gasteiger partial charge in [0, 0.05) is 24.9 Å². The standard InChI is InChI=1S/C11H18N2O2/c1-7-4-8(5-12-10(7)14)6-13-11(15)9-2-3-9/h7-9H,2-6H2,1H3,(H,12,14)(H,13,15). The Morgan fingerprint density at radius 3 is 2.87 bits per heavy atom. The fourth-order valence-electron chi connectivity index (χ4n) is 2.00. The van der Waals surface area contributed by atoms with Gasteiger partial charge in [-0.3, -0.25) is 9.59 Å². The second kappa shape index (κ2) is 4.21. The number of carbonyl (C=O) groups is 2. The van der Waals surface area contributed by atoms with Crippen LogP contribution in [-0.2, 0) is 9.59 Å². The van der Waals surface area contributed by atoms with E-state index in [-0.39, 0.29) is 23.7 Å². The zero-order chi connectivity index (χ0) is 10.8. The summed E-state index contributed by atoms with van der Waals surface area (Å²) in [5, 5.41) is 5.82.